The molecule has 0 N–H and O–H groups in total. The van der Waals surface area contributed by atoms with Gasteiger partial charge in [0.05, 0.1) is 26.9 Å². The lowest BCUT2D eigenvalue weighted by Crippen LogP contribution is -2.53. The number of nitrogens with zero attached hydrogens (tertiary/aromatic N) is 3. The summed E-state index contributed by atoms with van der Waals surface area (Å²) in [6, 6.07) is 11.0. The van der Waals surface area contributed by atoms with Gasteiger partial charge in [-0.25, -0.2) is 21.6 Å². The van der Waals surface area contributed by atoms with Gasteiger partial charge in [-0.3, -0.25) is 0 Å². The summed E-state index contributed by atoms with van der Waals surface area (Å²) in [6.45, 7) is 1.54. The van der Waals surface area contributed by atoms with Crippen LogP contribution in [0, 0.1) is 5.92 Å². The average molecular weight is 595 g/mol. The number of benzene rings is 2. The third kappa shape index (κ3) is 6.11. The number of piperazine rings is 1. The van der Waals surface area contributed by atoms with Crippen LogP contribution in [0.1, 0.15) is 11.5 Å². The number of hydrogen-bond acceptors (Lipinski definition) is 5. The van der Waals surface area contributed by atoms with Gasteiger partial charge in [0.2, 0.25) is 10.0 Å². The second kappa shape index (κ2) is 10.7. The SMILES string of the molecule is CS(=O)(=O)N1CCN(C(=O)N2C[C@H](CS(=O)(=O)c3ccc(Cl)cc3)[C@@H](c3ccc(Cl)c(Cl)c3)C2)CC1. The van der Waals surface area contributed by atoms with Crippen molar-refractivity contribution in [2.45, 2.75) is 10.8 Å². The third-order valence-corrected chi connectivity index (χ3v) is 10.8. The minimum atomic E-state index is -3.66. The third-order valence-electron chi connectivity index (χ3n) is 6.67. The first kappa shape index (κ1) is 27.5. The highest BCUT2D eigenvalue weighted by atomic mass is 35.5. The number of carbonyl (C=O) groups excluding carboxylic acids is 1. The number of halogens is 3. The molecule has 2 heterocycles. The van der Waals surface area contributed by atoms with Crippen LogP contribution in [0.2, 0.25) is 15.1 Å². The Hall–Kier alpha value is -1.56. The molecule has 13 heteroatoms. The fourth-order valence-electron chi connectivity index (χ4n) is 4.75. The Morgan fingerprint density at radius 3 is 2.08 bits per heavy atom. The lowest BCUT2D eigenvalue weighted by molar-refractivity contribution is 0.141. The molecule has 0 bridgehead atoms. The maximum Gasteiger partial charge on any atom is 0.320 e. The van der Waals surface area contributed by atoms with Crippen molar-refractivity contribution < 1.29 is 21.6 Å². The number of carbonyl (C=O) groups is 1. The molecule has 2 fully saturated rings. The zero-order chi connectivity index (χ0) is 26.3. The monoisotopic (exact) mass is 593 g/mol. The van der Waals surface area contributed by atoms with E-state index in [0.29, 0.717) is 21.6 Å². The van der Waals surface area contributed by atoms with Crippen molar-refractivity contribution in [2.75, 3.05) is 51.3 Å². The second-order valence-electron chi connectivity index (χ2n) is 9.11. The largest absolute Gasteiger partial charge is 0.324 e. The summed E-state index contributed by atoms with van der Waals surface area (Å²) < 4.78 is 51.4. The van der Waals surface area contributed by atoms with Crippen LogP contribution in [-0.2, 0) is 19.9 Å². The van der Waals surface area contributed by atoms with Gasteiger partial charge in [-0.1, -0.05) is 40.9 Å². The van der Waals surface area contributed by atoms with Crippen molar-refractivity contribution in [3.8, 4) is 0 Å². The summed E-state index contributed by atoms with van der Waals surface area (Å²) in [5, 5.41) is 1.19. The van der Waals surface area contributed by atoms with Crippen LogP contribution in [0.25, 0.3) is 0 Å². The smallest absolute Gasteiger partial charge is 0.320 e. The molecule has 0 spiro atoms. The first-order valence-electron chi connectivity index (χ1n) is 11.3. The highest BCUT2D eigenvalue weighted by molar-refractivity contribution is 7.91. The normalized spacial score (nSPS) is 21.7. The minimum absolute atomic E-state index is 0.162. The van der Waals surface area contributed by atoms with Crippen molar-refractivity contribution in [2.24, 2.45) is 5.92 Å². The lowest BCUT2D eigenvalue weighted by Gasteiger charge is -2.35. The molecule has 0 saturated carbocycles. The van der Waals surface area contributed by atoms with Crippen molar-refractivity contribution in [3.63, 3.8) is 0 Å². The quantitative estimate of drug-likeness (QED) is 0.524. The molecule has 4 rings (SSSR count). The van der Waals surface area contributed by atoms with Crippen LogP contribution in [-0.4, -0.2) is 88.2 Å². The fraction of sp³-hybridized carbons (Fsp3) is 0.435. The molecular weight excluding hydrogens is 569 g/mol. The Morgan fingerprint density at radius 1 is 0.861 bits per heavy atom. The summed E-state index contributed by atoms with van der Waals surface area (Å²) >= 11 is 18.3. The van der Waals surface area contributed by atoms with Gasteiger partial charge in [0, 0.05) is 50.2 Å². The van der Waals surface area contributed by atoms with Crippen molar-refractivity contribution in [1.29, 1.82) is 0 Å². The van der Waals surface area contributed by atoms with Crippen molar-refractivity contribution in [1.82, 2.24) is 14.1 Å². The van der Waals surface area contributed by atoms with E-state index < -0.39 is 19.9 Å². The van der Waals surface area contributed by atoms with Crippen molar-refractivity contribution >= 4 is 60.7 Å². The molecule has 0 aliphatic carbocycles. The maximum absolute atomic E-state index is 13.3. The van der Waals surface area contributed by atoms with Crippen LogP contribution >= 0.6 is 34.8 Å². The first-order valence-corrected chi connectivity index (χ1v) is 15.9. The Labute approximate surface area is 226 Å². The molecule has 2 aliphatic heterocycles. The summed E-state index contributed by atoms with van der Waals surface area (Å²) in [6.07, 6.45) is 1.15. The minimum Gasteiger partial charge on any atom is -0.324 e. The standard InChI is InChI=1S/C23H26Cl3N3O5S2/c1-35(31,32)29-10-8-27(9-11-29)23(30)28-13-17(15-36(33,34)19-5-3-18(24)4-6-19)20(14-28)16-2-7-21(25)22(26)12-16/h2-7,12,17,20H,8-11,13-15H2,1H3/t17-,20-/m1/s1. The lowest BCUT2D eigenvalue weighted by atomic mass is 9.90. The Bertz CT molecular complexity index is 1350. The Kier molecular flexibility index (Phi) is 8.14. The first-order chi connectivity index (χ1) is 16.8. The van der Waals surface area contributed by atoms with E-state index in [0.717, 1.165) is 11.8 Å². The molecule has 2 aromatic carbocycles. The number of sulfone groups is 1. The molecular formula is C23H26Cl3N3O5S2. The molecule has 2 saturated heterocycles. The zero-order valence-electron chi connectivity index (χ0n) is 19.5. The van der Waals surface area contributed by atoms with E-state index in [4.69, 9.17) is 34.8 Å². The molecule has 2 atom stereocenters. The summed E-state index contributed by atoms with van der Waals surface area (Å²) in [4.78, 5) is 16.8. The summed E-state index contributed by atoms with van der Waals surface area (Å²) in [5.74, 6) is -0.821. The van der Waals surface area contributed by atoms with Gasteiger partial charge in [-0.05, 0) is 47.9 Å². The number of hydrogen-bond donors (Lipinski definition) is 0. The van der Waals surface area contributed by atoms with Crippen LogP contribution in [0.15, 0.2) is 47.4 Å². The number of rotatable bonds is 5. The van der Waals surface area contributed by atoms with Gasteiger partial charge in [-0.2, -0.15) is 4.31 Å². The number of amides is 2. The highest BCUT2D eigenvalue weighted by Crippen LogP contribution is 2.37. The van der Waals surface area contributed by atoms with Crippen molar-refractivity contribution in [3.05, 3.63) is 63.1 Å². The average Bonchev–Trinajstić information content (AvgIpc) is 3.23. The van der Waals surface area contributed by atoms with E-state index in [-0.39, 0.29) is 61.2 Å². The second-order valence-corrected chi connectivity index (χ2v) is 14.4. The molecule has 2 aromatic rings. The predicted octanol–water partition coefficient (Wildman–Crippen LogP) is 3.83. The number of sulfonamides is 1. The predicted molar refractivity (Wildman–Crippen MR) is 141 cm³/mol. The van der Waals surface area contributed by atoms with Gasteiger partial charge < -0.3 is 9.80 Å². The van der Waals surface area contributed by atoms with Crippen LogP contribution in [0.4, 0.5) is 4.79 Å². The Morgan fingerprint density at radius 2 is 1.50 bits per heavy atom. The maximum atomic E-state index is 13.3. The number of urea groups is 1. The van der Waals surface area contributed by atoms with Gasteiger partial charge in [0.25, 0.3) is 0 Å². The van der Waals surface area contributed by atoms with E-state index in [1.54, 1.807) is 28.0 Å². The summed E-state index contributed by atoms with van der Waals surface area (Å²) in [5.41, 5.74) is 0.804. The molecule has 8 nitrogen and oxygen atoms in total. The van der Waals surface area contributed by atoms with E-state index in [1.807, 2.05) is 0 Å². The van der Waals surface area contributed by atoms with E-state index in [9.17, 15) is 21.6 Å². The molecule has 36 heavy (non-hydrogen) atoms. The molecule has 2 aliphatic rings. The van der Waals surface area contributed by atoms with E-state index in [1.165, 1.54) is 28.6 Å². The molecule has 196 valence electrons. The van der Waals surface area contributed by atoms with Gasteiger partial charge in [-0.15, -0.1) is 0 Å². The zero-order valence-corrected chi connectivity index (χ0v) is 23.4. The van der Waals surface area contributed by atoms with Crippen LogP contribution in [0.3, 0.4) is 0 Å². The van der Waals surface area contributed by atoms with E-state index in [2.05, 4.69) is 0 Å². The topological polar surface area (TPSA) is 95.1 Å². The van der Waals surface area contributed by atoms with Gasteiger partial charge in [0.1, 0.15) is 0 Å². The Balaban J connectivity index is 1.56. The van der Waals surface area contributed by atoms with Crippen LogP contribution < -0.4 is 0 Å². The van der Waals surface area contributed by atoms with E-state index >= 15 is 0 Å². The molecule has 0 unspecified atom stereocenters. The molecule has 0 aromatic heterocycles. The molecule has 2 amide bonds. The van der Waals surface area contributed by atoms with Gasteiger partial charge >= 0.3 is 6.03 Å². The highest BCUT2D eigenvalue weighted by Gasteiger charge is 2.41. The fourth-order valence-corrected chi connectivity index (χ4v) is 7.65. The van der Waals surface area contributed by atoms with Gasteiger partial charge in [0.15, 0.2) is 9.84 Å². The molecule has 0 radical (unpaired) electrons. The number of likely N-dealkylation sites (tertiary alicyclic amines) is 1. The summed E-state index contributed by atoms with van der Waals surface area (Å²) in [7, 11) is -6.98. The van der Waals surface area contributed by atoms with Crippen LogP contribution in [0.5, 0.6) is 0 Å².